The quantitative estimate of drug-likeness (QED) is 0.112. The number of methoxy groups -OCH3 is 1. The van der Waals surface area contributed by atoms with E-state index in [1.165, 1.54) is 7.11 Å². The molecule has 1 amide bonds. The predicted octanol–water partition coefficient (Wildman–Crippen LogP) is -0.733. The van der Waals surface area contributed by atoms with Crippen LogP contribution in [0, 0.1) is 0 Å². The number of nitrogens with zero attached hydrogens (tertiary/aromatic N) is 2. The summed E-state index contributed by atoms with van der Waals surface area (Å²) in [5.41, 5.74) is 18.5. The molecule has 29 heavy (non-hydrogen) atoms. The highest BCUT2D eigenvalue weighted by atomic mass is 16.8. The van der Waals surface area contributed by atoms with Crippen LogP contribution in [0.3, 0.4) is 0 Å². The molecule has 1 heterocycles. The van der Waals surface area contributed by atoms with Crippen molar-refractivity contribution >= 4 is 28.7 Å². The molecular weight excluding hydrogens is 378 g/mol. The molecule has 0 aliphatic carbocycles. The van der Waals surface area contributed by atoms with Crippen molar-refractivity contribution in [2.45, 2.75) is 31.3 Å². The first kappa shape index (κ1) is 22.1. The molecule has 1 aromatic carbocycles. The number of hydrogen-bond donors (Lipinski definition) is 5. The molecule has 2 aromatic rings. The molecule has 2 atom stereocenters. The van der Waals surface area contributed by atoms with Crippen molar-refractivity contribution in [3.63, 3.8) is 0 Å². The van der Waals surface area contributed by atoms with Gasteiger partial charge in [-0.15, -0.1) is 0 Å². The first-order valence-electron chi connectivity index (χ1n) is 9.02. The van der Waals surface area contributed by atoms with Crippen LogP contribution in [0.4, 0.5) is 0 Å². The van der Waals surface area contributed by atoms with Crippen LogP contribution in [-0.2, 0) is 25.7 Å². The fourth-order valence-electron chi connectivity index (χ4n) is 3.03. The van der Waals surface area contributed by atoms with Crippen LogP contribution < -0.4 is 23.1 Å². The van der Waals surface area contributed by atoms with Crippen LogP contribution in [0.5, 0.6) is 0 Å². The minimum absolute atomic E-state index is 0.0663. The van der Waals surface area contributed by atoms with Gasteiger partial charge in [0, 0.05) is 23.6 Å². The number of esters is 1. The lowest BCUT2D eigenvalue weighted by Gasteiger charge is -2.28. The SMILES string of the molecule is COC(=O)[C@H](CCCN=C(N)N)N(ON)C(=O)[C@@H](N)Cc1c[nH]c2ccccc12. The number of nitrogens with one attached hydrogen (secondary N) is 1. The van der Waals surface area contributed by atoms with Crippen LogP contribution in [0.25, 0.3) is 10.9 Å². The second kappa shape index (κ2) is 10.4. The monoisotopic (exact) mass is 405 g/mol. The summed E-state index contributed by atoms with van der Waals surface area (Å²) in [4.78, 5) is 36.7. The maximum absolute atomic E-state index is 12.8. The average molecular weight is 405 g/mol. The Morgan fingerprint density at radius 1 is 1.28 bits per heavy atom. The molecule has 0 fully saturated rings. The molecule has 0 aliphatic rings. The third kappa shape index (κ3) is 5.67. The predicted molar refractivity (Wildman–Crippen MR) is 108 cm³/mol. The Hall–Kier alpha value is -3.15. The second-order valence-corrected chi connectivity index (χ2v) is 6.43. The lowest BCUT2D eigenvalue weighted by atomic mass is 10.0. The third-order valence-electron chi connectivity index (χ3n) is 4.45. The van der Waals surface area contributed by atoms with Gasteiger partial charge in [0.2, 0.25) is 0 Å². The molecule has 11 heteroatoms. The van der Waals surface area contributed by atoms with Gasteiger partial charge in [-0.2, -0.15) is 15.9 Å². The molecule has 2 rings (SSSR count). The standard InChI is InChI=1S/C18H27N7O4/c1-28-17(27)15(7-4-8-23-18(20)21)25(29-22)16(26)13(19)9-11-10-24-14-6-3-2-5-12(11)14/h2-3,5-6,10,13,15,24H,4,7-9,19,22H2,1H3,(H4,20,21,23)/t13-,15-/m0/s1. The van der Waals surface area contributed by atoms with E-state index in [0.717, 1.165) is 21.5 Å². The highest BCUT2D eigenvalue weighted by Crippen LogP contribution is 2.20. The van der Waals surface area contributed by atoms with Crippen molar-refractivity contribution in [1.82, 2.24) is 10.0 Å². The van der Waals surface area contributed by atoms with Crippen molar-refractivity contribution < 1.29 is 19.3 Å². The number of benzene rings is 1. The van der Waals surface area contributed by atoms with Gasteiger partial charge >= 0.3 is 5.97 Å². The first-order chi connectivity index (χ1) is 13.9. The second-order valence-electron chi connectivity index (χ2n) is 6.43. The van der Waals surface area contributed by atoms with Gasteiger partial charge in [0.05, 0.1) is 13.2 Å². The molecule has 9 N–H and O–H groups in total. The van der Waals surface area contributed by atoms with E-state index in [1.54, 1.807) is 6.20 Å². The minimum atomic E-state index is -1.08. The summed E-state index contributed by atoms with van der Waals surface area (Å²) in [5.74, 6) is 3.89. The van der Waals surface area contributed by atoms with Crippen molar-refractivity contribution in [2.24, 2.45) is 28.1 Å². The van der Waals surface area contributed by atoms with E-state index < -0.39 is 24.0 Å². The van der Waals surface area contributed by atoms with E-state index >= 15 is 0 Å². The number of guanidine groups is 1. The summed E-state index contributed by atoms with van der Waals surface area (Å²) >= 11 is 0. The Bertz CT molecular complexity index is 863. The number of aromatic nitrogens is 1. The van der Waals surface area contributed by atoms with Crippen LogP contribution in [-0.4, -0.2) is 53.6 Å². The van der Waals surface area contributed by atoms with Crippen molar-refractivity contribution in [3.05, 3.63) is 36.0 Å². The van der Waals surface area contributed by atoms with E-state index in [9.17, 15) is 9.59 Å². The molecule has 0 bridgehead atoms. The lowest BCUT2D eigenvalue weighted by molar-refractivity contribution is -0.212. The summed E-state index contributed by atoms with van der Waals surface area (Å²) in [7, 11) is 1.20. The molecular formula is C18H27N7O4. The van der Waals surface area contributed by atoms with Gasteiger partial charge in [-0.25, -0.2) is 4.79 Å². The van der Waals surface area contributed by atoms with E-state index in [-0.39, 0.29) is 25.3 Å². The summed E-state index contributed by atoms with van der Waals surface area (Å²) in [6.45, 7) is 0.268. The van der Waals surface area contributed by atoms with Gasteiger partial charge in [-0.05, 0) is 30.9 Å². The summed E-state index contributed by atoms with van der Waals surface area (Å²) in [5, 5.41) is 1.71. The largest absolute Gasteiger partial charge is 0.467 e. The number of amides is 1. The number of aromatic amines is 1. The molecule has 11 nitrogen and oxygen atoms in total. The fraction of sp³-hybridized carbons (Fsp3) is 0.389. The molecule has 1 aromatic heterocycles. The molecule has 0 saturated heterocycles. The Labute approximate surface area is 167 Å². The van der Waals surface area contributed by atoms with Gasteiger partial charge in [0.15, 0.2) is 12.0 Å². The van der Waals surface area contributed by atoms with E-state index in [2.05, 4.69) is 9.98 Å². The minimum Gasteiger partial charge on any atom is -0.467 e. The average Bonchev–Trinajstić information content (AvgIpc) is 3.12. The molecule has 0 unspecified atom stereocenters. The van der Waals surface area contributed by atoms with E-state index in [1.807, 2.05) is 24.3 Å². The smallest absolute Gasteiger partial charge is 0.331 e. The molecule has 0 radical (unpaired) electrons. The Balaban J connectivity index is 2.11. The fourth-order valence-corrected chi connectivity index (χ4v) is 3.03. The molecule has 0 aliphatic heterocycles. The van der Waals surface area contributed by atoms with Gasteiger partial charge < -0.3 is 26.9 Å². The first-order valence-corrected chi connectivity index (χ1v) is 9.02. The van der Waals surface area contributed by atoms with Crippen LogP contribution >= 0.6 is 0 Å². The van der Waals surface area contributed by atoms with Gasteiger partial charge in [-0.1, -0.05) is 18.2 Å². The normalized spacial score (nSPS) is 12.9. The highest BCUT2D eigenvalue weighted by molar-refractivity contribution is 5.88. The number of fused-ring (bicyclic) bond motifs is 1. The zero-order valence-corrected chi connectivity index (χ0v) is 16.2. The topological polar surface area (TPSA) is 188 Å². The zero-order valence-electron chi connectivity index (χ0n) is 16.2. The molecule has 158 valence electrons. The molecule has 0 spiro atoms. The Kier molecular flexibility index (Phi) is 7.95. The number of para-hydroxylation sites is 1. The van der Waals surface area contributed by atoms with E-state index in [4.69, 9.17) is 32.8 Å². The van der Waals surface area contributed by atoms with Crippen molar-refractivity contribution in [1.29, 1.82) is 0 Å². The number of carbonyl (C=O) groups excluding carboxylic acids is 2. The highest BCUT2D eigenvalue weighted by Gasteiger charge is 2.34. The van der Waals surface area contributed by atoms with Gasteiger partial charge in [-0.3, -0.25) is 9.79 Å². The van der Waals surface area contributed by atoms with E-state index in [0.29, 0.717) is 6.42 Å². The lowest BCUT2D eigenvalue weighted by Crippen LogP contribution is -2.53. The van der Waals surface area contributed by atoms with Crippen LogP contribution in [0.1, 0.15) is 18.4 Å². The number of hydroxylamine groups is 2. The van der Waals surface area contributed by atoms with Crippen molar-refractivity contribution in [2.75, 3.05) is 13.7 Å². The number of nitrogens with two attached hydrogens (primary N) is 4. The van der Waals surface area contributed by atoms with Crippen LogP contribution in [0.2, 0.25) is 0 Å². The number of aliphatic imine (C=N–C) groups is 1. The number of hydrogen-bond acceptors (Lipinski definition) is 7. The van der Waals surface area contributed by atoms with Crippen LogP contribution in [0.15, 0.2) is 35.5 Å². The van der Waals surface area contributed by atoms with Gasteiger partial charge in [0.25, 0.3) is 5.91 Å². The van der Waals surface area contributed by atoms with Gasteiger partial charge in [0.1, 0.15) is 0 Å². The number of H-pyrrole nitrogens is 1. The summed E-state index contributed by atoms with van der Waals surface area (Å²) in [6, 6.07) is 5.58. The molecule has 0 saturated carbocycles. The maximum atomic E-state index is 12.8. The summed E-state index contributed by atoms with van der Waals surface area (Å²) in [6.07, 6.45) is 2.58. The third-order valence-corrected chi connectivity index (χ3v) is 4.45. The number of carbonyl (C=O) groups is 2. The zero-order chi connectivity index (χ0) is 21.4. The van der Waals surface area contributed by atoms with Crippen molar-refractivity contribution in [3.8, 4) is 0 Å². The summed E-state index contributed by atoms with van der Waals surface area (Å²) < 4.78 is 4.77. The Morgan fingerprint density at radius 2 is 2.00 bits per heavy atom. The maximum Gasteiger partial charge on any atom is 0.331 e. The number of ether oxygens (including phenoxy) is 1. The number of rotatable bonds is 10. The Morgan fingerprint density at radius 3 is 2.66 bits per heavy atom.